The molecule has 0 radical (unpaired) electrons. The average molecular weight is 283 g/mol. The summed E-state index contributed by atoms with van der Waals surface area (Å²) < 4.78 is 4.95. The molecule has 0 spiro atoms. The van der Waals surface area contributed by atoms with Gasteiger partial charge in [0.2, 0.25) is 5.91 Å². The van der Waals surface area contributed by atoms with E-state index in [1.54, 1.807) is 7.11 Å². The van der Waals surface area contributed by atoms with Crippen LogP contribution in [-0.4, -0.2) is 74.7 Å². The third-order valence-corrected chi connectivity index (χ3v) is 4.56. The number of hydrogen-bond acceptors (Lipinski definition) is 4. The van der Waals surface area contributed by atoms with Crippen molar-refractivity contribution in [3.8, 4) is 0 Å². The van der Waals surface area contributed by atoms with Gasteiger partial charge >= 0.3 is 0 Å². The summed E-state index contributed by atoms with van der Waals surface area (Å²) in [7, 11) is 3.83. The van der Waals surface area contributed by atoms with E-state index in [0.29, 0.717) is 25.1 Å². The number of carbonyl (C=O) groups excluding carboxylic acids is 1. The second kappa shape index (κ2) is 7.96. The van der Waals surface area contributed by atoms with E-state index in [0.717, 1.165) is 13.0 Å². The Hall–Kier alpha value is -0.650. The molecule has 0 aliphatic carbocycles. The summed E-state index contributed by atoms with van der Waals surface area (Å²) in [6.45, 7) is 5.13. The van der Waals surface area contributed by atoms with E-state index in [-0.39, 0.29) is 5.91 Å². The molecule has 0 aromatic heterocycles. The van der Waals surface area contributed by atoms with Gasteiger partial charge in [0, 0.05) is 32.2 Å². The first-order chi connectivity index (χ1) is 9.69. The molecule has 5 nitrogen and oxygen atoms in total. The number of piperidine rings is 2. The summed E-state index contributed by atoms with van der Waals surface area (Å²) in [5.41, 5.74) is 0. The minimum Gasteiger partial charge on any atom is -0.384 e. The van der Waals surface area contributed by atoms with Crippen LogP contribution in [-0.2, 0) is 9.53 Å². The highest BCUT2D eigenvalue weighted by atomic mass is 16.5. The molecule has 116 valence electrons. The fraction of sp³-hybridized carbons (Fsp3) is 0.933. The molecule has 0 aromatic rings. The summed E-state index contributed by atoms with van der Waals surface area (Å²) in [5, 5.41) is 3.16. The van der Waals surface area contributed by atoms with Crippen molar-refractivity contribution >= 4 is 5.91 Å². The SMILES string of the molecule is COCCC(=O)NC1CCCN(C2CCN(C)CC2)C1. The molecule has 2 fully saturated rings. The second-order valence-corrected chi connectivity index (χ2v) is 6.18. The molecular formula is C15H29N3O2. The predicted molar refractivity (Wildman–Crippen MR) is 79.7 cm³/mol. The fourth-order valence-electron chi connectivity index (χ4n) is 3.31. The van der Waals surface area contributed by atoms with E-state index >= 15 is 0 Å². The Balaban J connectivity index is 1.75. The molecular weight excluding hydrogens is 254 g/mol. The van der Waals surface area contributed by atoms with Gasteiger partial charge in [-0.1, -0.05) is 0 Å². The number of rotatable bonds is 5. The molecule has 2 heterocycles. The Bertz CT molecular complexity index is 303. The van der Waals surface area contributed by atoms with Gasteiger partial charge in [-0.3, -0.25) is 9.69 Å². The van der Waals surface area contributed by atoms with Crippen LogP contribution in [0.2, 0.25) is 0 Å². The third-order valence-electron chi connectivity index (χ3n) is 4.56. The molecule has 0 saturated carbocycles. The number of carbonyl (C=O) groups is 1. The number of methoxy groups -OCH3 is 1. The maximum atomic E-state index is 11.8. The molecule has 2 aliphatic rings. The minimum atomic E-state index is 0.127. The predicted octanol–water partition coefficient (Wildman–Crippen LogP) is 0.698. The lowest BCUT2D eigenvalue weighted by molar-refractivity contribution is -0.123. The van der Waals surface area contributed by atoms with Crippen molar-refractivity contribution < 1.29 is 9.53 Å². The van der Waals surface area contributed by atoms with Gasteiger partial charge in [0.25, 0.3) is 0 Å². The summed E-state index contributed by atoms with van der Waals surface area (Å²) in [6.07, 6.45) is 5.31. The molecule has 2 saturated heterocycles. The van der Waals surface area contributed by atoms with Crippen molar-refractivity contribution in [2.75, 3.05) is 46.9 Å². The normalized spacial score (nSPS) is 26.6. The van der Waals surface area contributed by atoms with Crippen molar-refractivity contribution in [2.24, 2.45) is 0 Å². The van der Waals surface area contributed by atoms with Crippen LogP contribution >= 0.6 is 0 Å². The number of ether oxygens (including phenoxy) is 1. The summed E-state index contributed by atoms with van der Waals surface area (Å²) in [6, 6.07) is 1.04. The van der Waals surface area contributed by atoms with Crippen molar-refractivity contribution in [2.45, 2.75) is 44.2 Å². The molecule has 5 heteroatoms. The van der Waals surface area contributed by atoms with E-state index in [2.05, 4.69) is 22.2 Å². The molecule has 1 atom stereocenters. The number of likely N-dealkylation sites (tertiary alicyclic amines) is 2. The van der Waals surface area contributed by atoms with Crippen LogP contribution < -0.4 is 5.32 Å². The zero-order valence-electron chi connectivity index (χ0n) is 12.9. The van der Waals surface area contributed by atoms with Crippen molar-refractivity contribution in [3.05, 3.63) is 0 Å². The van der Waals surface area contributed by atoms with Crippen molar-refractivity contribution in [3.63, 3.8) is 0 Å². The lowest BCUT2D eigenvalue weighted by atomic mass is 9.98. The molecule has 1 unspecified atom stereocenters. The smallest absolute Gasteiger partial charge is 0.222 e. The topological polar surface area (TPSA) is 44.8 Å². The Labute approximate surface area is 122 Å². The maximum Gasteiger partial charge on any atom is 0.222 e. The van der Waals surface area contributed by atoms with E-state index in [4.69, 9.17) is 4.74 Å². The highest BCUT2D eigenvalue weighted by Crippen LogP contribution is 2.20. The lowest BCUT2D eigenvalue weighted by Crippen LogP contribution is -2.53. The van der Waals surface area contributed by atoms with Crippen LogP contribution in [0.4, 0.5) is 0 Å². The van der Waals surface area contributed by atoms with Crippen LogP contribution in [0.25, 0.3) is 0 Å². The van der Waals surface area contributed by atoms with Gasteiger partial charge in [-0.05, 0) is 52.4 Å². The van der Waals surface area contributed by atoms with Gasteiger partial charge in [-0.25, -0.2) is 0 Å². The molecule has 2 rings (SSSR count). The molecule has 0 bridgehead atoms. The maximum absolute atomic E-state index is 11.8. The Kier molecular flexibility index (Phi) is 6.26. The van der Waals surface area contributed by atoms with Gasteiger partial charge in [-0.2, -0.15) is 0 Å². The van der Waals surface area contributed by atoms with Crippen LogP contribution in [0.1, 0.15) is 32.1 Å². The van der Waals surface area contributed by atoms with Gasteiger partial charge in [0.05, 0.1) is 6.61 Å². The molecule has 2 aliphatic heterocycles. The highest BCUT2D eigenvalue weighted by Gasteiger charge is 2.28. The Morgan fingerprint density at radius 3 is 2.70 bits per heavy atom. The molecule has 0 aromatic carbocycles. The van der Waals surface area contributed by atoms with E-state index < -0.39 is 0 Å². The van der Waals surface area contributed by atoms with Gasteiger partial charge in [0.1, 0.15) is 0 Å². The van der Waals surface area contributed by atoms with Crippen LogP contribution in [0.15, 0.2) is 0 Å². The van der Waals surface area contributed by atoms with E-state index in [1.165, 1.54) is 38.9 Å². The molecule has 1 amide bonds. The monoisotopic (exact) mass is 283 g/mol. The zero-order valence-corrected chi connectivity index (χ0v) is 12.9. The van der Waals surface area contributed by atoms with Crippen LogP contribution in [0.3, 0.4) is 0 Å². The standard InChI is InChI=1S/C15H29N3O2/c1-17-9-5-14(6-10-17)18-8-3-4-13(12-18)16-15(19)7-11-20-2/h13-14H,3-12H2,1-2H3,(H,16,19). The number of amides is 1. The van der Waals surface area contributed by atoms with Crippen molar-refractivity contribution in [1.29, 1.82) is 0 Å². The molecule has 20 heavy (non-hydrogen) atoms. The quantitative estimate of drug-likeness (QED) is 0.807. The first kappa shape index (κ1) is 15.7. The van der Waals surface area contributed by atoms with E-state index in [9.17, 15) is 4.79 Å². The minimum absolute atomic E-state index is 0.127. The Morgan fingerprint density at radius 2 is 2.00 bits per heavy atom. The Morgan fingerprint density at radius 1 is 1.25 bits per heavy atom. The van der Waals surface area contributed by atoms with Crippen LogP contribution in [0, 0.1) is 0 Å². The largest absolute Gasteiger partial charge is 0.384 e. The first-order valence-electron chi connectivity index (χ1n) is 7.90. The van der Waals surface area contributed by atoms with E-state index in [1.807, 2.05) is 0 Å². The highest BCUT2D eigenvalue weighted by molar-refractivity contribution is 5.76. The van der Waals surface area contributed by atoms with Gasteiger partial charge in [0.15, 0.2) is 0 Å². The summed E-state index contributed by atoms with van der Waals surface area (Å²) in [5.74, 6) is 0.127. The second-order valence-electron chi connectivity index (χ2n) is 6.18. The third kappa shape index (κ3) is 4.72. The first-order valence-corrected chi connectivity index (χ1v) is 7.90. The lowest BCUT2D eigenvalue weighted by Gasteiger charge is -2.41. The number of nitrogens with one attached hydrogen (secondary N) is 1. The van der Waals surface area contributed by atoms with Gasteiger partial charge < -0.3 is 15.0 Å². The summed E-state index contributed by atoms with van der Waals surface area (Å²) >= 11 is 0. The number of hydrogen-bond donors (Lipinski definition) is 1. The number of nitrogens with zero attached hydrogens (tertiary/aromatic N) is 2. The zero-order chi connectivity index (χ0) is 14.4. The molecule has 1 N–H and O–H groups in total. The van der Waals surface area contributed by atoms with Crippen LogP contribution in [0.5, 0.6) is 0 Å². The fourth-order valence-corrected chi connectivity index (χ4v) is 3.31. The summed E-state index contributed by atoms with van der Waals surface area (Å²) in [4.78, 5) is 16.8. The average Bonchev–Trinajstić information content (AvgIpc) is 2.46. The van der Waals surface area contributed by atoms with Crippen molar-refractivity contribution in [1.82, 2.24) is 15.1 Å². The van der Waals surface area contributed by atoms with Gasteiger partial charge in [-0.15, -0.1) is 0 Å².